The standard InChI is InChI=1S/C11H14N4/c1-9(7-12)15-8-11(13-14-15)10-5-3-2-4-6-10/h2-6,8-9H,7,12H2,1H3/t9-/m0/s1. The molecule has 1 aromatic carbocycles. The highest BCUT2D eigenvalue weighted by molar-refractivity contribution is 5.57. The Morgan fingerprint density at radius 2 is 2.07 bits per heavy atom. The Balaban J connectivity index is 2.28. The van der Waals surface area contributed by atoms with E-state index in [9.17, 15) is 0 Å². The summed E-state index contributed by atoms with van der Waals surface area (Å²) >= 11 is 0. The van der Waals surface area contributed by atoms with Crippen molar-refractivity contribution in [1.29, 1.82) is 0 Å². The molecule has 0 saturated heterocycles. The van der Waals surface area contributed by atoms with Gasteiger partial charge in [0.1, 0.15) is 5.69 Å². The predicted octanol–water partition coefficient (Wildman–Crippen LogP) is 1.46. The lowest BCUT2D eigenvalue weighted by atomic mass is 10.2. The predicted molar refractivity (Wildman–Crippen MR) is 59.2 cm³/mol. The molecule has 2 rings (SSSR count). The van der Waals surface area contributed by atoms with Crippen LogP contribution in [0.3, 0.4) is 0 Å². The lowest BCUT2D eigenvalue weighted by Crippen LogP contribution is -2.16. The Kier molecular flexibility index (Phi) is 2.78. The molecule has 2 aromatic rings. The average molecular weight is 202 g/mol. The SMILES string of the molecule is C[C@@H](CN)n1cc(-c2ccccc2)nn1. The highest BCUT2D eigenvalue weighted by Gasteiger charge is 2.06. The van der Waals surface area contributed by atoms with Gasteiger partial charge in [-0.1, -0.05) is 35.5 Å². The minimum Gasteiger partial charge on any atom is -0.328 e. The van der Waals surface area contributed by atoms with E-state index in [4.69, 9.17) is 5.73 Å². The molecule has 0 aliphatic heterocycles. The minimum absolute atomic E-state index is 0.190. The third-order valence-corrected chi connectivity index (χ3v) is 2.37. The van der Waals surface area contributed by atoms with Gasteiger partial charge in [0.15, 0.2) is 0 Å². The number of nitrogens with zero attached hydrogens (tertiary/aromatic N) is 3. The fraction of sp³-hybridized carbons (Fsp3) is 0.273. The first-order chi connectivity index (χ1) is 7.31. The summed E-state index contributed by atoms with van der Waals surface area (Å²) in [7, 11) is 0. The first-order valence-corrected chi connectivity index (χ1v) is 4.98. The van der Waals surface area contributed by atoms with Crippen molar-refractivity contribution in [3.8, 4) is 11.3 Å². The quantitative estimate of drug-likeness (QED) is 0.819. The molecule has 0 aliphatic carbocycles. The molecule has 78 valence electrons. The van der Waals surface area contributed by atoms with Crippen molar-refractivity contribution in [2.24, 2.45) is 5.73 Å². The second-order valence-corrected chi connectivity index (χ2v) is 3.53. The van der Waals surface area contributed by atoms with Crippen molar-refractivity contribution in [2.75, 3.05) is 6.54 Å². The first-order valence-electron chi connectivity index (χ1n) is 4.98. The summed E-state index contributed by atoms with van der Waals surface area (Å²) in [5.41, 5.74) is 7.53. The number of rotatable bonds is 3. The zero-order valence-corrected chi connectivity index (χ0v) is 8.67. The molecule has 0 fully saturated rings. The molecule has 0 radical (unpaired) electrons. The van der Waals surface area contributed by atoms with Crippen LogP contribution in [-0.4, -0.2) is 21.5 Å². The molecule has 0 aliphatic rings. The summed E-state index contributed by atoms with van der Waals surface area (Å²) in [6.45, 7) is 2.58. The summed E-state index contributed by atoms with van der Waals surface area (Å²) in [6.07, 6.45) is 1.92. The van der Waals surface area contributed by atoms with E-state index in [1.165, 1.54) is 0 Å². The summed E-state index contributed by atoms with van der Waals surface area (Å²) in [4.78, 5) is 0. The molecule has 4 nitrogen and oxygen atoms in total. The van der Waals surface area contributed by atoms with Crippen LogP contribution >= 0.6 is 0 Å². The molecule has 0 unspecified atom stereocenters. The van der Waals surface area contributed by atoms with E-state index in [0.717, 1.165) is 11.3 Å². The molecule has 1 atom stereocenters. The third kappa shape index (κ3) is 2.05. The normalized spacial score (nSPS) is 12.7. The van der Waals surface area contributed by atoms with Crippen LogP contribution in [0.15, 0.2) is 36.5 Å². The Morgan fingerprint density at radius 3 is 2.73 bits per heavy atom. The fourth-order valence-corrected chi connectivity index (χ4v) is 1.34. The second kappa shape index (κ2) is 4.23. The van der Waals surface area contributed by atoms with E-state index in [-0.39, 0.29) is 6.04 Å². The Hall–Kier alpha value is -1.68. The van der Waals surface area contributed by atoms with Gasteiger partial charge < -0.3 is 5.73 Å². The van der Waals surface area contributed by atoms with Gasteiger partial charge in [-0.25, -0.2) is 4.68 Å². The molecule has 2 N–H and O–H groups in total. The molecule has 1 heterocycles. The number of hydrogen-bond acceptors (Lipinski definition) is 3. The number of hydrogen-bond donors (Lipinski definition) is 1. The molecule has 0 amide bonds. The van der Waals surface area contributed by atoms with Crippen molar-refractivity contribution >= 4 is 0 Å². The Labute approximate surface area is 88.7 Å². The smallest absolute Gasteiger partial charge is 0.113 e. The average Bonchev–Trinajstić information content (AvgIpc) is 2.78. The van der Waals surface area contributed by atoms with Crippen molar-refractivity contribution in [3.05, 3.63) is 36.5 Å². The van der Waals surface area contributed by atoms with Crippen molar-refractivity contribution in [2.45, 2.75) is 13.0 Å². The van der Waals surface area contributed by atoms with Gasteiger partial charge in [0.25, 0.3) is 0 Å². The number of nitrogens with two attached hydrogens (primary N) is 1. The molecule has 4 heteroatoms. The van der Waals surface area contributed by atoms with Gasteiger partial charge in [-0.15, -0.1) is 5.10 Å². The number of benzene rings is 1. The highest BCUT2D eigenvalue weighted by atomic mass is 15.4. The monoisotopic (exact) mass is 202 g/mol. The van der Waals surface area contributed by atoms with Crippen LogP contribution in [0.5, 0.6) is 0 Å². The van der Waals surface area contributed by atoms with Crippen LogP contribution in [0, 0.1) is 0 Å². The molecule has 1 aromatic heterocycles. The molecule has 0 saturated carbocycles. The van der Waals surface area contributed by atoms with E-state index < -0.39 is 0 Å². The molecule has 15 heavy (non-hydrogen) atoms. The molecule has 0 spiro atoms. The summed E-state index contributed by atoms with van der Waals surface area (Å²) in [5.74, 6) is 0. The molecule has 0 bridgehead atoms. The van der Waals surface area contributed by atoms with Crippen molar-refractivity contribution < 1.29 is 0 Å². The lowest BCUT2D eigenvalue weighted by molar-refractivity contribution is 0.485. The zero-order valence-electron chi connectivity index (χ0n) is 8.67. The largest absolute Gasteiger partial charge is 0.328 e. The van der Waals surface area contributed by atoms with Crippen molar-refractivity contribution in [1.82, 2.24) is 15.0 Å². The lowest BCUT2D eigenvalue weighted by Gasteiger charge is -2.05. The van der Waals surface area contributed by atoms with Gasteiger partial charge in [0.2, 0.25) is 0 Å². The van der Waals surface area contributed by atoms with E-state index in [1.54, 1.807) is 4.68 Å². The van der Waals surface area contributed by atoms with Crippen LogP contribution in [0.2, 0.25) is 0 Å². The van der Waals surface area contributed by atoms with Gasteiger partial charge in [0, 0.05) is 12.1 Å². The van der Waals surface area contributed by atoms with E-state index in [2.05, 4.69) is 10.3 Å². The first kappa shape index (κ1) is 9.86. The topological polar surface area (TPSA) is 56.7 Å². The second-order valence-electron chi connectivity index (χ2n) is 3.53. The van der Waals surface area contributed by atoms with Gasteiger partial charge in [0.05, 0.1) is 12.2 Å². The minimum atomic E-state index is 0.190. The molecular weight excluding hydrogens is 188 g/mol. The van der Waals surface area contributed by atoms with Gasteiger partial charge in [-0.3, -0.25) is 0 Å². The fourth-order valence-electron chi connectivity index (χ4n) is 1.34. The summed E-state index contributed by atoms with van der Waals surface area (Å²) in [6, 6.07) is 10.2. The summed E-state index contributed by atoms with van der Waals surface area (Å²) in [5, 5.41) is 8.16. The molecular formula is C11H14N4. The van der Waals surface area contributed by atoms with E-state index in [0.29, 0.717) is 6.54 Å². The summed E-state index contributed by atoms with van der Waals surface area (Å²) < 4.78 is 1.79. The highest BCUT2D eigenvalue weighted by Crippen LogP contribution is 2.16. The van der Waals surface area contributed by atoms with Gasteiger partial charge in [-0.05, 0) is 6.92 Å². The number of aromatic nitrogens is 3. The Morgan fingerprint density at radius 1 is 1.33 bits per heavy atom. The Bertz CT molecular complexity index is 421. The van der Waals surface area contributed by atoms with Crippen LogP contribution in [0.4, 0.5) is 0 Å². The third-order valence-electron chi connectivity index (χ3n) is 2.37. The van der Waals surface area contributed by atoms with Crippen LogP contribution in [0.25, 0.3) is 11.3 Å². The van der Waals surface area contributed by atoms with Crippen LogP contribution < -0.4 is 5.73 Å². The maximum absolute atomic E-state index is 5.56. The maximum Gasteiger partial charge on any atom is 0.113 e. The maximum atomic E-state index is 5.56. The van der Waals surface area contributed by atoms with Crippen LogP contribution in [-0.2, 0) is 0 Å². The van der Waals surface area contributed by atoms with Gasteiger partial charge in [-0.2, -0.15) is 0 Å². The van der Waals surface area contributed by atoms with E-state index >= 15 is 0 Å². The van der Waals surface area contributed by atoms with Crippen LogP contribution in [0.1, 0.15) is 13.0 Å². The van der Waals surface area contributed by atoms with Crippen molar-refractivity contribution in [3.63, 3.8) is 0 Å². The zero-order chi connectivity index (χ0) is 10.7. The van der Waals surface area contributed by atoms with E-state index in [1.807, 2.05) is 43.5 Å². The van der Waals surface area contributed by atoms with Gasteiger partial charge >= 0.3 is 0 Å².